The average Bonchev–Trinajstić information content (AvgIpc) is 2.59. The number of H-pyrrole nitrogens is 1. The molecule has 2 rings (SSSR count). The number of aromatic nitrogens is 2. The van der Waals surface area contributed by atoms with E-state index in [9.17, 15) is 0 Å². The zero-order valence-corrected chi connectivity index (χ0v) is 10.7. The highest BCUT2D eigenvalue weighted by molar-refractivity contribution is 9.10. The molecule has 4 heteroatoms. The summed E-state index contributed by atoms with van der Waals surface area (Å²) in [6.45, 7) is 3.91. The van der Waals surface area contributed by atoms with Crippen molar-refractivity contribution in [1.82, 2.24) is 10.2 Å². The van der Waals surface area contributed by atoms with E-state index in [0.717, 1.165) is 27.1 Å². The number of hydrogen-bond donors (Lipinski definition) is 1. The number of aromatic amines is 1. The summed E-state index contributed by atoms with van der Waals surface area (Å²) in [5.41, 5.74) is 3.91. The molecule has 0 amide bonds. The number of halogens is 1. The van der Waals surface area contributed by atoms with E-state index in [2.05, 4.69) is 31.1 Å². The molecular weight excluding hydrogens is 266 g/mol. The lowest BCUT2D eigenvalue weighted by molar-refractivity contribution is 1.02. The van der Waals surface area contributed by atoms with Crippen LogP contribution in [0, 0.1) is 13.8 Å². The topological polar surface area (TPSA) is 41.0 Å². The number of benzene rings is 1. The Bertz CT molecular complexity index is 492. The van der Waals surface area contributed by atoms with Crippen LogP contribution in [-0.4, -0.2) is 16.4 Å². The summed E-state index contributed by atoms with van der Waals surface area (Å²) in [6.07, 6.45) is 1.84. The molecule has 1 aromatic heterocycles. The second-order valence-corrected chi connectivity index (χ2v) is 4.51. The van der Waals surface area contributed by atoms with Crippen LogP contribution in [0.4, 0.5) is 5.69 Å². The van der Waals surface area contributed by atoms with Crippen LogP contribution in [0.1, 0.15) is 17.0 Å². The minimum Gasteiger partial charge on any atom is -0.280 e. The minimum atomic E-state index is 0.919. The first-order valence-corrected chi connectivity index (χ1v) is 5.77. The number of rotatable bonds is 2. The van der Waals surface area contributed by atoms with Gasteiger partial charge in [0.05, 0.1) is 11.4 Å². The van der Waals surface area contributed by atoms with Crippen LogP contribution < -0.4 is 0 Å². The largest absolute Gasteiger partial charge is 0.280 e. The molecule has 1 N–H and O–H groups in total. The Kier molecular flexibility index (Phi) is 3.19. The lowest BCUT2D eigenvalue weighted by Gasteiger charge is -1.94. The number of hydrogen-bond acceptors (Lipinski definition) is 2. The Morgan fingerprint density at radius 2 is 1.94 bits per heavy atom. The monoisotopic (exact) mass is 277 g/mol. The lowest BCUT2D eigenvalue weighted by atomic mass is 10.2. The molecule has 0 aliphatic rings. The van der Waals surface area contributed by atoms with E-state index in [1.807, 2.05) is 44.3 Å². The summed E-state index contributed by atoms with van der Waals surface area (Å²) in [6, 6.07) is 8.02. The lowest BCUT2D eigenvalue weighted by Crippen LogP contribution is -1.80. The van der Waals surface area contributed by atoms with E-state index < -0.39 is 0 Å². The van der Waals surface area contributed by atoms with E-state index >= 15 is 0 Å². The van der Waals surface area contributed by atoms with Gasteiger partial charge in [0.1, 0.15) is 5.69 Å². The second-order valence-electron chi connectivity index (χ2n) is 3.59. The molecule has 0 fully saturated rings. The van der Waals surface area contributed by atoms with Crippen LogP contribution in [0.25, 0.3) is 0 Å². The van der Waals surface area contributed by atoms with Gasteiger partial charge in [0.25, 0.3) is 0 Å². The van der Waals surface area contributed by atoms with Crippen LogP contribution in [0.3, 0.4) is 0 Å². The van der Waals surface area contributed by atoms with Crippen LogP contribution in [-0.2, 0) is 0 Å². The normalized spacial score (nSPS) is 11.2. The maximum atomic E-state index is 4.43. The highest BCUT2D eigenvalue weighted by Gasteiger charge is 2.02. The summed E-state index contributed by atoms with van der Waals surface area (Å²) >= 11 is 3.40. The van der Waals surface area contributed by atoms with Crippen molar-refractivity contribution in [3.8, 4) is 0 Å². The van der Waals surface area contributed by atoms with Crippen molar-refractivity contribution in [2.75, 3.05) is 0 Å². The van der Waals surface area contributed by atoms with Crippen molar-refractivity contribution in [3.05, 3.63) is 45.7 Å². The maximum Gasteiger partial charge on any atom is 0.106 e. The van der Waals surface area contributed by atoms with Gasteiger partial charge >= 0.3 is 0 Å². The number of nitrogens with zero attached hydrogens (tertiary/aromatic N) is 2. The van der Waals surface area contributed by atoms with Crippen molar-refractivity contribution < 1.29 is 0 Å². The summed E-state index contributed by atoms with van der Waals surface area (Å²) in [5, 5.41) is 7.01. The predicted molar refractivity (Wildman–Crippen MR) is 69.5 cm³/mol. The van der Waals surface area contributed by atoms with Gasteiger partial charge in [0, 0.05) is 10.7 Å². The fourth-order valence-electron chi connectivity index (χ4n) is 1.42. The molecule has 0 saturated carbocycles. The molecule has 1 heterocycles. The first kappa shape index (κ1) is 11.1. The second kappa shape index (κ2) is 4.61. The summed E-state index contributed by atoms with van der Waals surface area (Å²) in [5.74, 6) is 0. The number of aliphatic imine (C=N–C) groups is 1. The summed E-state index contributed by atoms with van der Waals surface area (Å²) in [4.78, 5) is 4.43. The van der Waals surface area contributed by atoms with Gasteiger partial charge in [-0.15, -0.1) is 0 Å². The van der Waals surface area contributed by atoms with Crippen LogP contribution in [0.15, 0.2) is 33.7 Å². The quantitative estimate of drug-likeness (QED) is 0.839. The third-order valence-corrected chi connectivity index (χ3v) is 2.83. The number of nitrogens with one attached hydrogen (secondary N) is 1. The first-order valence-electron chi connectivity index (χ1n) is 4.98. The standard InChI is InChI=1S/C12H12BrN3/c1-8-12(9(2)16-15-8)14-7-10-3-5-11(13)6-4-10/h3-7H,1-2H3,(H,15,16). The van der Waals surface area contributed by atoms with Gasteiger partial charge in [-0.25, -0.2) is 0 Å². The van der Waals surface area contributed by atoms with Gasteiger partial charge in [0.2, 0.25) is 0 Å². The summed E-state index contributed by atoms with van der Waals surface area (Å²) in [7, 11) is 0. The highest BCUT2D eigenvalue weighted by Crippen LogP contribution is 2.20. The third kappa shape index (κ3) is 2.39. The van der Waals surface area contributed by atoms with E-state index in [1.54, 1.807) is 0 Å². The van der Waals surface area contributed by atoms with Gasteiger partial charge in [-0.3, -0.25) is 10.1 Å². The van der Waals surface area contributed by atoms with Crippen LogP contribution in [0.2, 0.25) is 0 Å². The summed E-state index contributed by atoms with van der Waals surface area (Å²) < 4.78 is 1.07. The van der Waals surface area contributed by atoms with E-state index in [0.29, 0.717) is 0 Å². The maximum absolute atomic E-state index is 4.43. The SMILES string of the molecule is Cc1n[nH]c(C)c1N=Cc1ccc(Br)cc1. The van der Waals surface area contributed by atoms with Crippen molar-refractivity contribution in [1.29, 1.82) is 0 Å². The van der Waals surface area contributed by atoms with Crippen molar-refractivity contribution >= 4 is 27.8 Å². The molecule has 3 nitrogen and oxygen atoms in total. The Labute approximate surface area is 103 Å². The molecule has 0 aliphatic carbocycles. The predicted octanol–water partition coefficient (Wildman–Crippen LogP) is 3.54. The Morgan fingerprint density at radius 3 is 2.50 bits per heavy atom. The third-order valence-electron chi connectivity index (χ3n) is 2.30. The fourth-order valence-corrected chi connectivity index (χ4v) is 1.69. The van der Waals surface area contributed by atoms with Gasteiger partial charge in [-0.1, -0.05) is 28.1 Å². The van der Waals surface area contributed by atoms with Crippen molar-refractivity contribution in [3.63, 3.8) is 0 Å². The Hall–Kier alpha value is -1.42. The molecule has 16 heavy (non-hydrogen) atoms. The van der Waals surface area contributed by atoms with Gasteiger partial charge < -0.3 is 0 Å². The van der Waals surface area contributed by atoms with Gasteiger partial charge in [0.15, 0.2) is 0 Å². The van der Waals surface area contributed by atoms with Gasteiger partial charge in [-0.2, -0.15) is 5.10 Å². The molecule has 0 spiro atoms. The number of aryl methyl sites for hydroxylation is 2. The van der Waals surface area contributed by atoms with Crippen LogP contribution in [0.5, 0.6) is 0 Å². The molecule has 2 aromatic rings. The van der Waals surface area contributed by atoms with Crippen LogP contribution >= 0.6 is 15.9 Å². The molecule has 1 aromatic carbocycles. The van der Waals surface area contributed by atoms with E-state index in [4.69, 9.17) is 0 Å². The fraction of sp³-hybridized carbons (Fsp3) is 0.167. The molecule has 0 atom stereocenters. The molecule has 0 unspecified atom stereocenters. The van der Waals surface area contributed by atoms with Crippen molar-refractivity contribution in [2.24, 2.45) is 4.99 Å². The van der Waals surface area contributed by atoms with E-state index in [-0.39, 0.29) is 0 Å². The molecular formula is C12H12BrN3. The molecule has 0 radical (unpaired) electrons. The Morgan fingerprint density at radius 1 is 1.25 bits per heavy atom. The molecule has 0 bridgehead atoms. The van der Waals surface area contributed by atoms with E-state index in [1.165, 1.54) is 0 Å². The molecule has 82 valence electrons. The average molecular weight is 278 g/mol. The zero-order valence-electron chi connectivity index (χ0n) is 9.16. The first-order chi connectivity index (χ1) is 7.66. The highest BCUT2D eigenvalue weighted by atomic mass is 79.9. The van der Waals surface area contributed by atoms with Crippen molar-refractivity contribution in [2.45, 2.75) is 13.8 Å². The zero-order chi connectivity index (χ0) is 11.5. The minimum absolute atomic E-state index is 0.919. The molecule has 0 aliphatic heterocycles. The molecule has 0 saturated heterocycles. The smallest absolute Gasteiger partial charge is 0.106 e. The Balaban J connectivity index is 2.24. The van der Waals surface area contributed by atoms with Gasteiger partial charge in [-0.05, 0) is 31.5 Å².